The molecule has 0 aliphatic heterocycles. The summed E-state index contributed by atoms with van der Waals surface area (Å²) in [6, 6.07) is 6.12. The van der Waals surface area contributed by atoms with Crippen molar-refractivity contribution in [1.29, 1.82) is 0 Å². The van der Waals surface area contributed by atoms with Gasteiger partial charge in [-0.25, -0.2) is 9.78 Å². The number of H-pyrrole nitrogens is 1. The largest absolute Gasteiger partial charge is 0.477 e. The second kappa shape index (κ2) is 6.05. The zero-order chi connectivity index (χ0) is 17.4. The van der Waals surface area contributed by atoms with E-state index in [4.69, 9.17) is 0 Å². The van der Waals surface area contributed by atoms with Gasteiger partial charge < -0.3 is 10.1 Å². The van der Waals surface area contributed by atoms with Crippen molar-refractivity contribution in [2.24, 2.45) is 0 Å². The highest BCUT2D eigenvalue weighted by atomic mass is 32.1. The van der Waals surface area contributed by atoms with E-state index in [9.17, 15) is 14.7 Å². The van der Waals surface area contributed by atoms with Crippen LogP contribution in [0.5, 0.6) is 0 Å². The van der Waals surface area contributed by atoms with Gasteiger partial charge in [0.05, 0.1) is 5.39 Å². The fourth-order valence-electron chi connectivity index (χ4n) is 2.62. The number of hydrogen-bond acceptors (Lipinski definition) is 4. The van der Waals surface area contributed by atoms with E-state index in [0.29, 0.717) is 21.6 Å². The molecule has 0 atom stereocenters. The highest BCUT2D eigenvalue weighted by Crippen LogP contribution is 2.27. The Hall–Kier alpha value is -2.73. The molecule has 1 aromatic carbocycles. The van der Waals surface area contributed by atoms with Crippen LogP contribution in [0.25, 0.3) is 22.4 Å². The monoisotopic (exact) mass is 340 g/mol. The molecule has 2 N–H and O–H groups in total. The van der Waals surface area contributed by atoms with Crippen molar-refractivity contribution in [2.75, 3.05) is 0 Å². The van der Waals surface area contributed by atoms with Crippen molar-refractivity contribution in [3.05, 3.63) is 61.5 Å². The van der Waals surface area contributed by atoms with Crippen LogP contribution < -0.4 is 5.56 Å². The normalized spacial score (nSPS) is 11.5. The van der Waals surface area contributed by atoms with Gasteiger partial charge in [-0.1, -0.05) is 29.8 Å². The molecule has 0 spiro atoms. The van der Waals surface area contributed by atoms with Crippen molar-refractivity contribution in [3.63, 3.8) is 0 Å². The minimum Gasteiger partial charge on any atom is -0.477 e. The van der Waals surface area contributed by atoms with Crippen LogP contribution in [0.1, 0.15) is 37.7 Å². The van der Waals surface area contributed by atoms with Crippen molar-refractivity contribution in [2.45, 2.75) is 20.8 Å². The summed E-state index contributed by atoms with van der Waals surface area (Å²) in [5.41, 5.74) is 3.50. The van der Waals surface area contributed by atoms with E-state index in [2.05, 4.69) is 16.0 Å². The molecule has 0 unspecified atom stereocenters. The van der Waals surface area contributed by atoms with Gasteiger partial charge in [0.1, 0.15) is 15.5 Å². The van der Waals surface area contributed by atoms with Gasteiger partial charge in [0.25, 0.3) is 5.56 Å². The lowest BCUT2D eigenvalue weighted by Gasteiger charge is -2.01. The van der Waals surface area contributed by atoms with E-state index >= 15 is 0 Å². The van der Waals surface area contributed by atoms with E-state index in [1.165, 1.54) is 5.56 Å². The number of hydrogen-bond donors (Lipinski definition) is 2. The van der Waals surface area contributed by atoms with Crippen LogP contribution in [0, 0.1) is 20.8 Å². The number of carboxylic acids is 1. The molecule has 0 fully saturated rings. The van der Waals surface area contributed by atoms with Gasteiger partial charge in [0, 0.05) is 0 Å². The highest BCUT2D eigenvalue weighted by molar-refractivity contribution is 7.20. The molecule has 5 nitrogen and oxygen atoms in total. The van der Waals surface area contributed by atoms with Gasteiger partial charge in [0.2, 0.25) is 0 Å². The first-order valence-corrected chi connectivity index (χ1v) is 8.20. The molecule has 0 amide bonds. The van der Waals surface area contributed by atoms with Crippen molar-refractivity contribution < 1.29 is 9.90 Å². The van der Waals surface area contributed by atoms with Gasteiger partial charge in [0.15, 0.2) is 0 Å². The van der Waals surface area contributed by atoms with Gasteiger partial charge in [-0.05, 0) is 43.5 Å². The summed E-state index contributed by atoms with van der Waals surface area (Å²) in [6.07, 6.45) is 3.62. The number of aromatic amines is 1. The minimum absolute atomic E-state index is 0.151. The number of benzene rings is 1. The van der Waals surface area contributed by atoms with Gasteiger partial charge in [-0.15, -0.1) is 11.3 Å². The lowest BCUT2D eigenvalue weighted by molar-refractivity contribution is 0.0701. The average Bonchev–Trinajstić information content (AvgIpc) is 2.84. The molecule has 0 aliphatic rings. The van der Waals surface area contributed by atoms with Crippen molar-refractivity contribution in [1.82, 2.24) is 9.97 Å². The number of rotatable bonds is 3. The lowest BCUT2D eigenvalue weighted by Crippen LogP contribution is -2.09. The highest BCUT2D eigenvalue weighted by Gasteiger charge is 2.18. The van der Waals surface area contributed by atoms with Gasteiger partial charge >= 0.3 is 5.97 Å². The number of aromatic carboxylic acids is 1. The molecule has 0 saturated heterocycles. The summed E-state index contributed by atoms with van der Waals surface area (Å²) in [6.45, 7) is 5.69. The molecule has 3 aromatic rings. The average molecular weight is 340 g/mol. The van der Waals surface area contributed by atoms with E-state index in [1.807, 2.05) is 32.1 Å². The third-order valence-electron chi connectivity index (χ3n) is 3.86. The van der Waals surface area contributed by atoms with E-state index in [1.54, 1.807) is 13.0 Å². The van der Waals surface area contributed by atoms with Crippen LogP contribution in [-0.2, 0) is 0 Å². The molecule has 0 bridgehead atoms. The van der Waals surface area contributed by atoms with Crippen LogP contribution in [-0.4, -0.2) is 21.0 Å². The molecule has 0 aliphatic carbocycles. The smallest absolute Gasteiger partial charge is 0.346 e. The number of fused-ring (bicyclic) bond motifs is 1. The second-order valence-corrected chi connectivity index (χ2v) is 6.69. The van der Waals surface area contributed by atoms with E-state index in [0.717, 1.165) is 22.5 Å². The maximum Gasteiger partial charge on any atom is 0.346 e. The van der Waals surface area contributed by atoms with Crippen molar-refractivity contribution >= 4 is 39.7 Å². The van der Waals surface area contributed by atoms with Crippen LogP contribution in [0.2, 0.25) is 0 Å². The van der Waals surface area contributed by atoms with Crippen molar-refractivity contribution in [3.8, 4) is 0 Å². The number of carboxylic acid groups (broad SMARTS) is 1. The molecule has 0 radical (unpaired) electrons. The number of nitrogens with zero attached hydrogens (tertiary/aromatic N) is 1. The first-order chi connectivity index (χ1) is 11.4. The topological polar surface area (TPSA) is 83.0 Å². The number of aromatic nitrogens is 2. The Labute approximate surface area is 142 Å². The number of carbonyl (C=O) groups is 1. The van der Waals surface area contributed by atoms with Crippen LogP contribution in [0.3, 0.4) is 0 Å². The Bertz CT molecular complexity index is 1040. The molecule has 6 heteroatoms. The summed E-state index contributed by atoms with van der Waals surface area (Å²) < 4.78 is 0. The number of nitrogens with one attached hydrogen (secondary N) is 1. The van der Waals surface area contributed by atoms with E-state index in [-0.39, 0.29) is 10.4 Å². The van der Waals surface area contributed by atoms with E-state index < -0.39 is 5.97 Å². The molecular formula is C18H16N2O3S. The third kappa shape index (κ3) is 2.88. The zero-order valence-corrected chi connectivity index (χ0v) is 14.3. The Kier molecular flexibility index (Phi) is 4.07. The number of aryl methyl sites for hydroxylation is 3. The Morgan fingerprint density at radius 2 is 2.00 bits per heavy atom. The molecule has 0 saturated carbocycles. The lowest BCUT2D eigenvalue weighted by atomic mass is 10.1. The molecule has 2 aromatic heterocycles. The Balaban J connectivity index is 2.06. The predicted molar refractivity (Wildman–Crippen MR) is 96.8 cm³/mol. The second-order valence-electron chi connectivity index (χ2n) is 5.69. The SMILES string of the molecule is Cc1ccc(/C=C/c2nc3sc(C(=O)O)c(C)c3c(=O)[nH]2)c(C)c1. The van der Waals surface area contributed by atoms with Gasteiger partial charge in [-0.2, -0.15) is 0 Å². The first-order valence-electron chi connectivity index (χ1n) is 7.39. The summed E-state index contributed by atoms with van der Waals surface area (Å²) >= 11 is 1.02. The Morgan fingerprint density at radius 1 is 1.25 bits per heavy atom. The van der Waals surface area contributed by atoms with Crippen LogP contribution >= 0.6 is 11.3 Å². The zero-order valence-electron chi connectivity index (χ0n) is 13.5. The predicted octanol–water partition coefficient (Wildman–Crippen LogP) is 3.78. The summed E-state index contributed by atoms with van der Waals surface area (Å²) in [5.74, 6) is -0.632. The maximum absolute atomic E-state index is 12.3. The maximum atomic E-state index is 12.3. The molecular weight excluding hydrogens is 324 g/mol. The molecule has 122 valence electrons. The summed E-state index contributed by atoms with van der Waals surface area (Å²) in [7, 11) is 0. The third-order valence-corrected chi connectivity index (χ3v) is 5.03. The summed E-state index contributed by atoms with van der Waals surface area (Å²) in [5, 5.41) is 9.54. The minimum atomic E-state index is -1.04. The summed E-state index contributed by atoms with van der Waals surface area (Å²) in [4.78, 5) is 31.2. The molecule has 24 heavy (non-hydrogen) atoms. The molecule has 2 heterocycles. The standard InChI is InChI=1S/C18H16N2O3S/c1-9-4-5-12(10(2)8-9)6-7-13-19-16(21)14-11(3)15(18(22)23)24-17(14)20-13/h4-8H,1-3H3,(H,22,23)(H,19,20,21)/b7-6+. The number of thiophene rings is 1. The first kappa shape index (κ1) is 16.1. The fourth-order valence-corrected chi connectivity index (χ4v) is 3.65. The quantitative estimate of drug-likeness (QED) is 0.760. The van der Waals surface area contributed by atoms with Gasteiger partial charge in [-0.3, -0.25) is 4.79 Å². The fraction of sp³-hybridized carbons (Fsp3) is 0.167. The Morgan fingerprint density at radius 3 is 2.67 bits per heavy atom. The van der Waals surface area contributed by atoms with Crippen LogP contribution in [0.15, 0.2) is 23.0 Å². The molecule has 3 rings (SSSR count). The van der Waals surface area contributed by atoms with Crippen LogP contribution in [0.4, 0.5) is 0 Å².